The number of benzene rings is 1. The number of nitrogens with one attached hydrogen (secondary N) is 1. The van der Waals surface area contributed by atoms with Gasteiger partial charge in [0.2, 0.25) is 11.8 Å². The first kappa shape index (κ1) is 16.2. The van der Waals surface area contributed by atoms with Gasteiger partial charge in [0.05, 0.1) is 0 Å². The molecule has 0 saturated carbocycles. The summed E-state index contributed by atoms with van der Waals surface area (Å²) in [6.07, 6.45) is 0. The van der Waals surface area contributed by atoms with E-state index in [9.17, 15) is 9.59 Å². The molecule has 1 aromatic rings. The van der Waals surface area contributed by atoms with E-state index in [-0.39, 0.29) is 17.7 Å². The largest absolute Gasteiger partial charge is 0.344 e. The molecule has 4 nitrogen and oxygen atoms in total. The molecule has 0 heterocycles. The molecule has 0 aliphatic heterocycles. The summed E-state index contributed by atoms with van der Waals surface area (Å²) in [6, 6.07) is 7.52. The van der Waals surface area contributed by atoms with Crippen molar-refractivity contribution in [2.24, 2.45) is 5.92 Å². The van der Waals surface area contributed by atoms with Crippen LogP contribution in [0.4, 0.5) is 0 Å². The van der Waals surface area contributed by atoms with Crippen molar-refractivity contribution in [2.75, 3.05) is 7.05 Å². The molecule has 110 valence electrons. The SMILES string of the molecule is CC(=O)N[C@@H](C(=O)N(C)Cc1ccccc1C)C(C)C. The maximum Gasteiger partial charge on any atom is 0.245 e. The second-order valence-electron chi connectivity index (χ2n) is 5.54. The lowest BCUT2D eigenvalue weighted by Crippen LogP contribution is -2.49. The smallest absolute Gasteiger partial charge is 0.245 e. The molecule has 1 aromatic carbocycles. The van der Waals surface area contributed by atoms with Gasteiger partial charge in [0.15, 0.2) is 0 Å². The fourth-order valence-corrected chi connectivity index (χ4v) is 2.09. The topological polar surface area (TPSA) is 49.4 Å². The van der Waals surface area contributed by atoms with Gasteiger partial charge in [0.1, 0.15) is 6.04 Å². The molecule has 0 bridgehead atoms. The Morgan fingerprint density at radius 2 is 1.85 bits per heavy atom. The van der Waals surface area contributed by atoms with Gasteiger partial charge in [0, 0.05) is 20.5 Å². The van der Waals surface area contributed by atoms with Crippen LogP contribution >= 0.6 is 0 Å². The maximum absolute atomic E-state index is 12.4. The van der Waals surface area contributed by atoms with E-state index in [1.54, 1.807) is 11.9 Å². The summed E-state index contributed by atoms with van der Waals surface area (Å²) in [5.74, 6) is -0.175. The average molecular weight is 276 g/mol. The highest BCUT2D eigenvalue weighted by molar-refractivity contribution is 5.86. The number of amides is 2. The van der Waals surface area contributed by atoms with Gasteiger partial charge in [0.25, 0.3) is 0 Å². The van der Waals surface area contributed by atoms with E-state index >= 15 is 0 Å². The minimum absolute atomic E-state index is 0.0570. The van der Waals surface area contributed by atoms with E-state index in [0.717, 1.165) is 11.1 Å². The predicted molar refractivity (Wildman–Crippen MR) is 80.1 cm³/mol. The zero-order valence-electron chi connectivity index (χ0n) is 12.9. The monoisotopic (exact) mass is 276 g/mol. The van der Waals surface area contributed by atoms with Crippen LogP contribution in [0.3, 0.4) is 0 Å². The van der Waals surface area contributed by atoms with Gasteiger partial charge in [-0.3, -0.25) is 9.59 Å². The van der Waals surface area contributed by atoms with Gasteiger partial charge in [-0.2, -0.15) is 0 Å². The van der Waals surface area contributed by atoms with Crippen molar-refractivity contribution < 1.29 is 9.59 Å². The average Bonchev–Trinajstić information content (AvgIpc) is 2.37. The normalized spacial score (nSPS) is 12.1. The van der Waals surface area contributed by atoms with E-state index in [1.807, 2.05) is 45.0 Å². The van der Waals surface area contributed by atoms with Crippen molar-refractivity contribution in [3.05, 3.63) is 35.4 Å². The molecule has 1 atom stereocenters. The second kappa shape index (κ2) is 7.08. The van der Waals surface area contributed by atoms with Gasteiger partial charge in [-0.1, -0.05) is 38.1 Å². The molecule has 0 aromatic heterocycles. The molecule has 2 amide bonds. The Morgan fingerprint density at radius 1 is 1.25 bits per heavy atom. The van der Waals surface area contributed by atoms with E-state index < -0.39 is 6.04 Å². The van der Waals surface area contributed by atoms with Crippen molar-refractivity contribution >= 4 is 11.8 Å². The summed E-state index contributed by atoms with van der Waals surface area (Å²) in [6.45, 7) is 7.87. The number of hydrogen-bond donors (Lipinski definition) is 1. The number of carbonyl (C=O) groups is 2. The lowest BCUT2D eigenvalue weighted by Gasteiger charge is -2.27. The fraction of sp³-hybridized carbons (Fsp3) is 0.500. The van der Waals surface area contributed by atoms with Crippen molar-refractivity contribution in [1.82, 2.24) is 10.2 Å². The molecule has 20 heavy (non-hydrogen) atoms. The molecule has 0 fully saturated rings. The summed E-state index contributed by atoms with van der Waals surface area (Å²) < 4.78 is 0. The van der Waals surface area contributed by atoms with E-state index in [2.05, 4.69) is 5.32 Å². The van der Waals surface area contributed by atoms with Crippen LogP contribution in [0.25, 0.3) is 0 Å². The van der Waals surface area contributed by atoms with E-state index in [4.69, 9.17) is 0 Å². The summed E-state index contributed by atoms with van der Waals surface area (Å²) in [7, 11) is 1.77. The van der Waals surface area contributed by atoms with Crippen molar-refractivity contribution in [3.8, 4) is 0 Å². The highest BCUT2D eigenvalue weighted by atomic mass is 16.2. The molecule has 0 radical (unpaired) electrons. The lowest BCUT2D eigenvalue weighted by atomic mass is 10.0. The molecule has 0 spiro atoms. The molecule has 0 unspecified atom stereocenters. The van der Waals surface area contributed by atoms with Crippen molar-refractivity contribution in [2.45, 2.75) is 40.3 Å². The summed E-state index contributed by atoms with van der Waals surface area (Å²) in [5.41, 5.74) is 2.28. The number of hydrogen-bond acceptors (Lipinski definition) is 2. The molecule has 0 aliphatic rings. The zero-order valence-corrected chi connectivity index (χ0v) is 12.9. The van der Waals surface area contributed by atoms with Crippen LogP contribution in [0.15, 0.2) is 24.3 Å². The van der Waals surface area contributed by atoms with Crippen molar-refractivity contribution in [1.29, 1.82) is 0 Å². The summed E-state index contributed by atoms with van der Waals surface area (Å²) in [4.78, 5) is 25.3. The highest BCUT2D eigenvalue weighted by Gasteiger charge is 2.26. The third-order valence-electron chi connectivity index (χ3n) is 3.34. The molecule has 4 heteroatoms. The fourth-order valence-electron chi connectivity index (χ4n) is 2.09. The van der Waals surface area contributed by atoms with Gasteiger partial charge < -0.3 is 10.2 Å². The van der Waals surface area contributed by atoms with E-state index in [1.165, 1.54) is 6.92 Å². The van der Waals surface area contributed by atoms with Crippen LogP contribution in [0.2, 0.25) is 0 Å². The summed E-state index contributed by atoms with van der Waals surface area (Å²) >= 11 is 0. The van der Waals surface area contributed by atoms with Crippen LogP contribution in [-0.4, -0.2) is 29.8 Å². The first-order valence-corrected chi connectivity index (χ1v) is 6.89. The Hall–Kier alpha value is -1.84. The Morgan fingerprint density at radius 3 is 2.35 bits per heavy atom. The number of nitrogens with zero attached hydrogens (tertiary/aromatic N) is 1. The Balaban J connectivity index is 2.79. The third-order valence-corrected chi connectivity index (χ3v) is 3.34. The third kappa shape index (κ3) is 4.37. The number of rotatable bonds is 5. The van der Waals surface area contributed by atoms with Crippen LogP contribution in [0.5, 0.6) is 0 Å². The second-order valence-corrected chi connectivity index (χ2v) is 5.54. The number of aryl methyl sites for hydroxylation is 1. The quantitative estimate of drug-likeness (QED) is 0.895. The van der Waals surface area contributed by atoms with Crippen LogP contribution in [0.1, 0.15) is 31.9 Å². The molecule has 1 N–H and O–H groups in total. The van der Waals surface area contributed by atoms with Gasteiger partial charge in [-0.15, -0.1) is 0 Å². The number of likely N-dealkylation sites (N-methyl/N-ethyl adjacent to an activating group) is 1. The maximum atomic E-state index is 12.4. The first-order chi connectivity index (χ1) is 9.32. The first-order valence-electron chi connectivity index (χ1n) is 6.89. The van der Waals surface area contributed by atoms with E-state index in [0.29, 0.717) is 6.54 Å². The van der Waals surface area contributed by atoms with Crippen LogP contribution in [-0.2, 0) is 16.1 Å². The zero-order chi connectivity index (χ0) is 15.3. The van der Waals surface area contributed by atoms with Gasteiger partial charge in [-0.25, -0.2) is 0 Å². The van der Waals surface area contributed by atoms with Gasteiger partial charge in [-0.05, 0) is 24.0 Å². The Kier molecular flexibility index (Phi) is 5.74. The Bertz CT molecular complexity index is 483. The minimum atomic E-state index is -0.471. The Labute approximate surface area is 121 Å². The molecular formula is C16H24N2O2. The predicted octanol–water partition coefficient (Wildman–Crippen LogP) is 2.11. The van der Waals surface area contributed by atoms with Crippen LogP contribution in [0, 0.1) is 12.8 Å². The molecular weight excluding hydrogens is 252 g/mol. The van der Waals surface area contributed by atoms with Crippen LogP contribution < -0.4 is 5.32 Å². The summed E-state index contributed by atoms with van der Waals surface area (Å²) in [5, 5.41) is 2.73. The minimum Gasteiger partial charge on any atom is -0.344 e. The molecule has 0 aliphatic carbocycles. The standard InChI is InChI=1S/C16H24N2O2/c1-11(2)15(17-13(4)19)16(20)18(5)10-14-9-7-6-8-12(14)3/h6-9,11,15H,10H2,1-5H3,(H,17,19)/t15-/m1/s1. The van der Waals surface area contributed by atoms with Crippen molar-refractivity contribution in [3.63, 3.8) is 0 Å². The number of carbonyl (C=O) groups excluding carboxylic acids is 2. The van der Waals surface area contributed by atoms with Gasteiger partial charge >= 0.3 is 0 Å². The molecule has 1 rings (SSSR count). The lowest BCUT2D eigenvalue weighted by molar-refractivity contribution is -0.136. The molecule has 0 saturated heterocycles. The highest BCUT2D eigenvalue weighted by Crippen LogP contribution is 2.12.